The van der Waals surface area contributed by atoms with Crippen LogP contribution in [-0.2, 0) is 0 Å². The minimum absolute atomic E-state index is 0.0616. The van der Waals surface area contributed by atoms with Crippen molar-refractivity contribution in [2.45, 2.75) is 0 Å². The summed E-state index contributed by atoms with van der Waals surface area (Å²) >= 11 is 9.08. The van der Waals surface area contributed by atoms with Crippen LogP contribution >= 0.6 is 27.5 Å². The molecule has 2 aromatic rings. The van der Waals surface area contributed by atoms with E-state index in [2.05, 4.69) is 21.2 Å². The Morgan fingerprint density at radius 2 is 2.22 bits per heavy atom. The highest BCUT2D eigenvalue weighted by molar-refractivity contribution is 9.10. The number of halogens is 2. The summed E-state index contributed by atoms with van der Waals surface area (Å²) < 4.78 is 10.7. The van der Waals surface area contributed by atoms with Gasteiger partial charge >= 0.3 is 0 Å². The van der Waals surface area contributed by atoms with Gasteiger partial charge in [0.1, 0.15) is 5.75 Å². The molecule has 0 aliphatic carbocycles. The first-order valence-corrected chi connectivity index (χ1v) is 6.17. The Hall–Kier alpha value is -1.46. The molecule has 1 amide bonds. The van der Waals surface area contributed by atoms with Crippen LogP contribution in [0.5, 0.6) is 5.75 Å². The Morgan fingerprint density at radius 1 is 1.44 bits per heavy atom. The SMILES string of the molecule is COc1ccc(Br)c(NC(=O)c2ccoc2Cl)c1. The predicted molar refractivity (Wildman–Crippen MR) is 72.4 cm³/mol. The van der Waals surface area contributed by atoms with Crippen LogP contribution in [0.4, 0.5) is 5.69 Å². The molecule has 94 valence electrons. The average molecular weight is 331 g/mol. The standard InChI is InChI=1S/C12H9BrClNO3/c1-17-7-2-3-9(13)10(6-7)15-12(16)8-4-5-18-11(8)14/h2-6H,1H3,(H,15,16). The van der Waals surface area contributed by atoms with Gasteiger partial charge in [-0.3, -0.25) is 4.79 Å². The van der Waals surface area contributed by atoms with E-state index in [9.17, 15) is 4.79 Å². The highest BCUT2D eigenvalue weighted by atomic mass is 79.9. The van der Waals surface area contributed by atoms with Crippen molar-refractivity contribution in [3.05, 3.63) is 45.8 Å². The molecule has 0 bridgehead atoms. The molecule has 2 rings (SSSR count). The number of hydrogen-bond acceptors (Lipinski definition) is 3. The zero-order valence-electron chi connectivity index (χ0n) is 9.37. The molecule has 0 spiro atoms. The molecular weight excluding hydrogens is 321 g/mol. The fourth-order valence-electron chi connectivity index (χ4n) is 1.37. The van der Waals surface area contributed by atoms with Crippen LogP contribution in [-0.4, -0.2) is 13.0 Å². The molecule has 1 heterocycles. The summed E-state index contributed by atoms with van der Waals surface area (Å²) in [6.07, 6.45) is 1.36. The second kappa shape index (κ2) is 5.46. The minimum Gasteiger partial charge on any atom is -0.497 e. The minimum atomic E-state index is -0.345. The molecule has 18 heavy (non-hydrogen) atoms. The van der Waals surface area contributed by atoms with Gasteiger partial charge in [-0.05, 0) is 45.7 Å². The van der Waals surface area contributed by atoms with Crippen LogP contribution in [0, 0.1) is 0 Å². The van der Waals surface area contributed by atoms with Gasteiger partial charge in [0.25, 0.3) is 5.91 Å². The van der Waals surface area contributed by atoms with E-state index in [-0.39, 0.29) is 16.7 Å². The predicted octanol–water partition coefficient (Wildman–Crippen LogP) is 3.96. The fourth-order valence-corrected chi connectivity index (χ4v) is 1.92. The van der Waals surface area contributed by atoms with Gasteiger partial charge in [-0.1, -0.05) is 0 Å². The van der Waals surface area contributed by atoms with Gasteiger partial charge in [0.15, 0.2) is 0 Å². The lowest BCUT2D eigenvalue weighted by molar-refractivity contribution is 0.102. The van der Waals surface area contributed by atoms with Crippen molar-refractivity contribution >= 4 is 39.1 Å². The van der Waals surface area contributed by atoms with Crippen molar-refractivity contribution in [3.8, 4) is 5.75 Å². The molecular formula is C12H9BrClNO3. The molecule has 0 unspecified atom stereocenters. The lowest BCUT2D eigenvalue weighted by Crippen LogP contribution is -2.11. The number of amides is 1. The quantitative estimate of drug-likeness (QED) is 0.927. The Kier molecular flexibility index (Phi) is 3.93. The van der Waals surface area contributed by atoms with Crippen LogP contribution in [0.3, 0.4) is 0 Å². The van der Waals surface area contributed by atoms with Crippen molar-refractivity contribution in [2.75, 3.05) is 12.4 Å². The van der Waals surface area contributed by atoms with E-state index in [0.29, 0.717) is 11.4 Å². The summed E-state index contributed by atoms with van der Waals surface area (Å²) in [5, 5.41) is 2.78. The molecule has 1 aromatic carbocycles. The summed E-state index contributed by atoms with van der Waals surface area (Å²) in [5.74, 6) is 0.300. The third kappa shape index (κ3) is 2.68. The van der Waals surface area contributed by atoms with E-state index in [0.717, 1.165) is 4.47 Å². The molecule has 1 aromatic heterocycles. The van der Waals surface area contributed by atoms with Crippen molar-refractivity contribution in [2.24, 2.45) is 0 Å². The van der Waals surface area contributed by atoms with Crippen LogP contribution in [0.15, 0.2) is 39.4 Å². The van der Waals surface area contributed by atoms with Crippen LogP contribution in [0.1, 0.15) is 10.4 Å². The third-order valence-corrected chi connectivity index (χ3v) is 3.27. The average Bonchev–Trinajstić information content (AvgIpc) is 2.78. The van der Waals surface area contributed by atoms with Gasteiger partial charge in [0.2, 0.25) is 5.22 Å². The molecule has 0 atom stereocenters. The molecule has 0 saturated heterocycles. The Bertz CT molecular complexity index is 582. The summed E-state index contributed by atoms with van der Waals surface area (Å²) in [4.78, 5) is 11.9. The van der Waals surface area contributed by atoms with Crippen molar-refractivity contribution in [1.29, 1.82) is 0 Å². The normalized spacial score (nSPS) is 10.2. The highest BCUT2D eigenvalue weighted by Crippen LogP contribution is 2.28. The first-order valence-electron chi connectivity index (χ1n) is 4.99. The van der Waals surface area contributed by atoms with E-state index in [1.165, 1.54) is 12.3 Å². The van der Waals surface area contributed by atoms with Crippen LogP contribution in [0.25, 0.3) is 0 Å². The van der Waals surface area contributed by atoms with Gasteiger partial charge < -0.3 is 14.5 Å². The maximum absolute atomic E-state index is 11.9. The topological polar surface area (TPSA) is 51.5 Å². The summed E-state index contributed by atoms with van der Waals surface area (Å²) in [6.45, 7) is 0. The first kappa shape index (κ1) is 13.0. The van der Waals surface area contributed by atoms with Crippen LogP contribution < -0.4 is 10.1 Å². The lowest BCUT2D eigenvalue weighted by Gasteiger charge is -2.08. The summed E-state index contributed by atoms with van der Waals surface area (Å²) in [6, 6.07) is 6.78. The van der Waals surface area contributed by atoms with E-state index >= 15 is 0 Å². The van der Waals surface area contributed by atoms with Gasteiger partial charge in [0, 0.05) is 10.5 Å². The number of anilines is 1. The Labute approximate surface area is 117 Å². The molecule has 0 fully saturated rings. The first-order chi connectivity index (χ1) is 8.61. The number of hydrogen-bond donors (Lipinski definition) is 1. The number of methoxy groups -OCH3 is 1. The van der Waals surface area contributed by atoms with E-state index in [1.807, 2.05) is 0 Å². The lowest BCUT2D eigenvalue weighted by atomic mass is 10.2. The molecule has 0 radical (unpaired) electrons. The number of carbonyl (C=O) groups excluding carboxylic acids is 1. The number of nitrogens with one attached hydrogen (secondary N) is 1. The summed E-state index contributed by atoms with van der Waals surface area (Å²) in [5.41, 5.74) is 0.878. The number of rotatable bonds is 3. The largest absolute Gasteiger partial charge is 0.497 e. The monoisotopic (exact) mass is 329 g/mol. The van der Waals surface area contributed by atoms with Crippen molar-refractivity contribution in [3.63, 3.8) is 0 Å². The molecule has 0 aliphatic rings. The van der Waals surface area contributed by atoms with E-state index < -0.39 is 0 Å². The molecule has 1 N–H and O–H groups in total. The zero-order valence-corrected chi connectivity index (χ0v) is 11.7. The zero-order chi connectivity index (χ0) is 13.1. The molecule has 0 saturated carbocycles. The van der Waals surface area contributed by atoms with Gasteiger partial charge in [-0.25, -0.2) is 0 Å². The second-order valence-corrected chi connectivity index (χ2v) is 4.61. The van der Waals surface area contributed by atoms with Crippen molar-refractivity contribution in [1.82, 2.24) is 0 Å². The molecule has 6 heteroatoms. The van der Waals surface area contributed by atoms with E-state index in [4.69, 9.17) is 20.8 Å². The fraction of sp³-hybridized carbons (Fsp3) is 0.0833. The Morgan fingerprint density at radius 3 is 2.83 bits per heavy atom. The smallest absolute Gasteiger partial charge is 0.260 e. The Balaban J connectivity index is 2.24. The third-order valence-electron chi connectivity index (χ3n) is 2.28. The van der Waals surface area contributed by atoms with Crippen LogP contribution in [0.2, 0.25) is 5.22 Å². The highest BCUT2D eigenvalue weighted by Gasteiger charge is 2.14. The van der Waals surface area contributed by atoms with Gasteiger partial charge in [-0.15, -0.1) is 0 Å². The molecule has 4 nitrogen and oxygen atoms in total. The number of furan rings is 1. The van der Waals surface area contributed by atoms with E-state index in [1.54, 1.807) is 25.3 Å². The maximum Gasteiger partial charge on any atom is 0.260 e. The second-order valence-electron chi connectivity index (χ2n) is 3.41. The summed E-state index contributed by atoms with van der Waals surface area (Å²) in [7, 11) is 1.56. The maximum atomic E-state index is 11.9. The van der Waals surface area contributed by atoms with Gasteiger partial charge in [-0.2, -0.15) is 0 Å². The van der Waals surface area contributed by atoms with Crippen molar-refractivity contribution < 1.29 is 13.9 Å². The number of benzene rings is 1. The molecule has 0 aliphatic heterocycles. The number of ether oxygens (including phenoxy) is 1. The van der Waals surface area contributed by atoms with Gasteiger partial charge in [0.05, 0.1) is 24.6 Å². The number of carbonyl (C=O) groups is 1.